The molecule has 2 aromatic heterocycles. The Hall–Kier alpha value is -1.57. The number of benzene rings is 1. The number of hydrogen-bond acceptors (Lipinski definition) is 6. The number of amides is 1. The van der Waals surface area contributed by atoms with Crippen molar-refractivity contribution in [1.29, 1.82) is 0 Å². The summed E-state index contributed by atoms with van der Waals surface area (Å²) in [6.07, 6.45) is 0.270. The molecule has 0 saturated heterocycles. The van der Waals surface area contributed by atoms with Gasteiger partial charge in [-0.1, -0.05) is 41.6 Å². The molecular formula is C13H10ClN3O2S2. The van der Waals surface area contributed by atoms with Crippen LogP contribution in [0.4, 0.5) is 0 Å². The Morgan fingerprint density at radius 1 is 1.38 bits per heavy atom. The molecule has 0 bridgehead atoms. The second-order valence-electron chi connectivity index (χ2n) is 4.18. The number of hydrogen-bond donors (Lipinski definition) is 1. The van der Waals surface area contributed by atoms with Gasteiger partial charge in [0.1, 0.15) is 4.88 Å². The van der Waals surface area contributed by atoms with Crippen molar-refractivity contribution in [1.82, 2.24) is 10.2 Å². The second kappa shape index (κ2) is 6.05. The molecule has 2 N–H and O–H groups in total. The van der Waals surface area contributed by atoms with Gasteiger partial charge in [-0.3, -0.25) is 4.79 Å². The van der Waals surface area contributed by atoms with Crippen LogP contribution in [-0.2, 0) is 4.79 Å². The number of nitrogens with two attached hydrogens (primary N) is 1. The molecular weight excluding hydrogens is 330 g/mol. The molecule has 1 aromatic carbocycles. The Labute approximate surface area is 133 Å². The predicted molar refractivity (Wildman–Crippen MR) is 84.7 cm³/mol. The fourth-order valence-electron chi connectivity index (χ4n) is 1.75. The SMILES string of the molecule is NC(=O)CCSc1nnc(-c2sc3ccccc3c2Cl)o1. The number of carbonyl (C=O) groups excluding carboxylic acids is 1. The van der Waals surface area contributed by atoms with Gasteiger partial charge in [0, 0.05) is 22.3 Å². The van der Waals surface area contributed by atoms with E-state index in [9.17, 15) is 4.79 Å². The van der Waals surface area contributed by atoms with Crippen molar-refractivity contribution < 1.29 is 9.21 Å². The molecule has 2 heterocycles. The van der Waals surface area contributed by atoms with Crippen LogP contribution >= 0.6 is 34.7 Å². The third-order valence-electron chi connectivity index (χ3n) is 2.71. The summed E-state index contributed by atoms with van der Waals surface area (Å²) in [4.78, 5) is 11.4. The highest BCUT2D eigenvalue weighted by Crippen LogP contribution is 2.41. The van der Waals surface area contributed by atoms with Gasteiger partial charge in [-0.15, -0.1) is 21.5 Å². The maximum absolute atomic E-state index is 10.7. The van der Waals surface area contributed by atoms with Gasteiger partial charge in [-0.05, 0) is 6.07 Å². The van der Waals surface area contributed by atoms with E-state index in [0.717, 1.165) is 15.0 Å². The molecule has 0 aliphatic heterocycles. The van der Waals surface area contributed by atoms with Gasteiger partial charge in [0.15, 0.2) is 0 Å². The molecule has 8 heteroatoms. The topological polar surface area (TPSA) is 82.0 Å². The van der Waals surface area contributed by atoms with E-state index in [1.807, 2.05) is 24.3 Å². The van der Waals surface area contributed by atoms with E-state index in [1.165, 1.54) is 23.1 Å². The van der Waals surface area contributed by atoms with Crippen LogP contribution in [0.3, 0.4) is 0 Å². The summed E-state index contributed by atoms with van der Waals surface area (Å²) < 4.78 is 6.64. The van der Waals surface area contributed by atoms with E-state index < -0.39 is 0 Å². The fourth-order valence-corrected chi connectivity index (χ4v) is 3.90. The summed E-state index contributed by atoms with van der Waals surface area (Å²) >= 11 is 9.17. The van der Waals surface area contributed by atoms with Gasteiger partial charge in [0.25, 0.3) is 11.1 Å². The zero-order valence-corrected chi connectivity index (χ0v) is 13.1. The van der Waals surface area contributed by atoms with Crippen molar-refractivity contribution in [2.24, 2.45) is 5.73 Å². The van der Waals surface area contributed by atoms with Gasteiger partial charge < -0.3 is 10.2 Å². The summed E-state index contributed by atoms with van der Waals surface area (Å²) in [5.41, 5.74) is 5.08. The van der Waals surface area contributed by atoms with E-state index in [1.54, 1.807) is 0 Å². The highest BCUT2D eigenvalue weighted by molar-refractivity contribution is 7.99. The summed E-state index contributed by atoms with van der Waals surface area (Å²) in [5.74, 6) is 0.550. The third kappa shape index (κ3) is 3.04. The molecule has 1 amide bonds. The Kier molecular flexibility index (Phi) is 4.14. The highest BCUT2D eigenvalue weighted by atomic mass is 35.5. The Bertz CT molecular complexity index is 800. The number of thioether (sulfide) groups is 1. The summed E-state index contributed by atoms with van der Waals surface area (Å²) in [6, 6.07) is 7.84. The lowest BCUT2D eigenvalue weighted by molar-refractivity contribution is -0.117. The lowest BCUT2D eigenvalue weighted by Gasteiger charge is -1.92. The van der Waals surface area contributed by atoms with Crippen molar-refractivity contribution in [3.05, 3.63) is 29.3 Å². The smallest absolute Gasteiger partial charge is 0.276 e. The van der Waals surface area contributed by atoms with Crippen LogP contribution in [0.1, 0.15) is 6.42 Å². The summed E-state index contributed by atoms with van der Waals surface area (Å²) in [7, 11) is 0. The van der Waals surface area contributed by atoms with Crippen molar-refractivity contribution >= 4 is 50.7 Å². The molecule has 108 valence electrons. The molecule has 0 aliphatic rings. The normalized spacial score (nSPS) is 11.1. The highest BCUT2D eigenvalue weighted by Gasteiger charge is 2.17. The first kappa shape index (κ1) is 14.4. The lowest BCUT2D eigenvalue weighted by atomic mass is 10.2. The number of aromatic nitrogens is 2. The molecule has 0 unspecified atom stereocenters. The molecule has 0 radical (unpaired) electrons. The minimum Gasteiger partial charge on any atom is -0.410 e. The Morgan fingerprint density at radius 3 is 2.95 bits per heavy atom. The molecule has 5 nitrogen and oxygen atoms in total. The van der Waals surface area contributed by atoms with E-state index >= 15 is 0 Å². The number of primary amides is 1. The van der Waals surface area contributed by atoms with Crippen LogP contribution in [0, 0.1) is 0 Å². The van der Waals surface area contributed by atoms with E-state index in [-0.39, 0.29) is 12.3 Å². The van der Waals surface area contributed by atoms with Crippen molar-refractivity contribution in [2.75, 3.05) is 5.75 Å². The van der Waals surface area contributed by atoms with Crippen LogP contribution in [0.25, 0.3) is 20.9 Å². The van der Waals surface area contributed by atoms with E-state index in [0.29, 0.717) is 21.9 Å². The van der Waals surface area contributed by atoms with E-state index in [2.05, 4.69) is 10.2 Å². The first-order valence-corrected chi connectivity index (χ1v) is 8.25. The van der Waals surface area contributed by atoms with Gasteiger partial charge in [-0.25, -0.2) is 0 Å². The molecule has 0 aliphatic carbocycles. The lowest BCUT2D eigenvalue weighted by Crippen LogP contribution is -2.10. The maximum atomic E-state index is 10.7. The fraction of sp³-hybridized carbons (Fsp3) is 0.154. The summed E-state index contributed by atoms with van der Waals surface area (Å²) in [5, 5.41) is 9.95. The van der Waals surface area contributed by atoms with Crippen molar-refractivity contribution in [3.63, 3.8) is 0 Å². The first-order valence-electron chi connectivity index (χ1n) is 6.07. The molecule has 0 spiro atoms. The zero-order chi connectivity index (χ0) is 14.8. The van der Waals surface area contributed by atoms with Crippen LogP contribution in [-0.4, -0.2) is 21.9 Å². The van der Waals surface area contributed by atoms with Crippen LogP contribution < -0.4 is 5.73 Å². The van der Waals surface area contributed by atoms with Gasteiger partial charge >= 0.3 is 0 Å². The largest absolute Gasteiger partial charge is 0.410 e. The molecule has 3 rings (SSSR count). The molecule has 0 fully saturated rings. The second-order valence-corrected chi connectivity index (χ2v) is 6.66. The average molecular weight is 340 g/mol. The predicted octanol–water partition coefficient (Wildman–Crippen LogP) is 3.57. The minimum atomic E-state index is -0.352. The number of halogens is 1. The number of carbonyl (C=O) groups is 1. The number of rotatable bonds is 5. The molecule has 21 heavy (non-hydrogen) atoms. The summed E-state index contributed by atoms with van der Waals surface area (Å²) in [6.45, 7) is 0. The monoisotopic (exact) mass is 339 g/mol. The van der Waals surface area contributed by atoms with Crippen LogP contribution in [0.2, 0.25) is 5.02 Å². The number of thiophene rings is 1. The van der Waals surface area contributed by atoms with Crippen molar-refractivity contribution in [2.45, 2.75) is 11.6 Å². The van der Waals surface area contributed by atoms with Crippen LogP contribution in [0.5, 0.6) is 0 Å². The number of nitrogens with zero attached hydrogens (tertiary/aromatic N) is 2. The minimum absolute atomic E-state index is 0.270. The molecule has 0 atom stereocenters. The van der Waals surface area contributed by atoms with E-state index in [4.69, 9.17) is 21.8 Å². The number of fused-ring (bicyclic) bond motifs is 1. The van der Waals surface area contributed by atoms with Crippen molar-refractivity contribution in [3.8, 4) is 10.8 Å². The van der Waals surface area contributed by atoms with Gasteiger partial charge in [-0.2, -0.15) is 0 Å². The zero-order valence-electron chi connectivity index (χ0n) is 10.7. The first-order chi connectivity index (χ1) is 10.1. The average Bonchev–Trinajstić information content (AvgIpc) is 3.04. The maximum Gasteiger partial charge on any atom is 0.276 e. The van der Waals surface area contributed by atoms with Crippen LogP contribution in [0.15, 0.2) is 33.9 Å². The molecule has 3 aromatic rings. The Morgan fingerprint density at radius 2 is 2.19 bits per heavy atom. The van der Waals surface area contributed by atoms with Gasteiger partial charge in [0.2, 0.25) is 5.91 Å². The quantitative estimate of drug-likeness (QED) is 0.718. The Balaban J connectivity index is 1.84. The standard InChI is InChI=1S/C13H10ClN3O2S2/c14-10-7-3-1-2-4-8(7)21-11(10)12-16-17-13(19-12)20-6-5-9(15)18/h1-4H,5-6H2,(H2,15,18). The third-order valence-corrected chi connectivity index (χ3v) is 5.19. The molecule has 0 saturated carbocycles. The van der Waals surface area contributed by atoms with Gasteiger partial charge in [0.05, 0.1) is 5.02 Å².